The quantitative estimate of drug-likeness (QED) is 0.523. The minimum Gasteiger partial charge on any atom is -0.497 e. The van der Waals surface area contributed by atoms with Gasteiger partial charge in [0.15, 0.2) is 0 Å². The van der Waals surface area contributed by atoms with E-state index in [1.807, 2.05) is 0 Å². The molecule has 0 spiro atoms. The van der Waals surface area contributed by atoms with E-state index < -0.39 is 5.09 Å². The molecule has 0 amide bonds. The van der Waals surface area contributed by atoms with Crippen molar-refractivity contribution in [3.05, 3.63) is 39.9 Å². The molecule has 1 aromatic rings. The van der Waals surface area contributed by atoms with Crippen LogP contribution in [0, 0.1) is 10.1 Å². The third-order valence-corrected chi connectivity index (χ3v) is 1.47. The van der Waals surface area contributed by atoms with Crippen molar-refractivity contribution in [3.63, 3.8) is 0 Å². The van der Waals surface area contributed by atoms with Crippen LogP contribution in [0.4, 0.5) is 0 Å². The molecule has 0 aromatic heterocycles. The Morgan fingerprint density at radius 1 is 1.54 bits per heavy atom. The van der Waals surface area contributed by atoms with Gasteiger partial charge in [-0.15, -0.1) is 10.1 Å². The van der Waals surface area contributed by atoms with Crippen LogP contribution in [-0.2, 0) is 11.4 Å². The fraction of sp³-hybridized carbons (Fsp3) is 0.250. The van der Waals surface area contributed by atoms with Crippen LogP contribution < -0.4 is 4.74 Å². The van der Waals surface area contributed by atoms with E-state index in [-0.39, 0.29) is 6.61 Å². The van der Waals surface area contributed by atoms with Gasteiger partial charge in [-0.25, -0.2) is 0 Å². The van der Waals surface area contributed by atoms with Crippen LogP contribution in [0.5, 0.6) is 5.75 Å². The number of hydrogen-bond donors (Lipinski definition) is 0. The summed E-state index contributed by atoms with van der Waals surface area (Å²) in [5.74, 6) is 0.657. The molecule has 0 heterocycles. The highest BCUT2D eigenvalue weighted by molar-refractivity contribution is 5.27. The molecule has 0 N–H and O–H groups in total. The molecule has 1 rings (SSSR count). The maximum Gasteiger partial charge on any atom is 0.294 e. The van der Waals surface area contributed by atoms with Gasteiger partial charge in [-0.2, -0.15) is 0 Å². The molecule has 13 heavy (non-hydrogen) atoms. The van der Waals surface area contributed by atoms with Crippen LogP contribution in [0.25, 0.3) is 0 Å². The first kappa shape index (κ1) is 9.31. The molecule has 5 heteroatoms. The summed E-state index contributed by atoms with van der Waals surface area (Å²) in [5.41, 5.74) is 0.705. The predicted molar refractivity (Wildman–Crippen MR) is 44.8 cm³/mol. The first-order valence-corrected chi connectivity index (χ1v) is 3.62. The molecule has 70 valence electrons. The van der Waals surface area contributed by atoms with E-state index in [0.717, 1.165) is 0 Å². The van der Waals surface area contributed by atoms with Crippen molar-refractivity contribution in [2.24, 2.45) is 0 Å². The highest BCUT2D eigenvalue weighted by Gasteiger charge is 1.98. The standard InChI is InChI=1S/C8H9NO4/c1-12-8-4-2-3-7(5-8)6-13-9(10)11/h2-5H,6H2,1H3. The molecule has 0 atom stereocenters. The van der Waals surface area contributed by atoms with Crippen LogP contribution in [-0.4, -0.2) is 12.2 Å². The van der Waals surface area contributed by atoms with Gasteiger partial charge >= 0.3 is 0 Å². The first-order valence-electron chi connectivity index (χ1n) is 3.62. The van der Waals surface area contributed by atoms with Crippen LogP contribution in [0.15, 0.2) is 24.3 Å². The van der Waals surface area contributed by atoms with E-state index in [0.29, 0.717) is 11.3 Å². The monoisotopic (exact) mass is 183 g/mol. The Bertz CT molecular complexity index is 300. The van der Waals surface area contributed by atoms with Gasteiger partial charge in [0.1, 0.15) is 12.4 Å². The van der Waals surface area contributed by atoms with Crippen molar-refractivity contribution in [1.82, 2.24) is 0 Å². The number of benzene rings is 1. The van der Waals surface area contributed by atoms with E-state index in [1.165, 1.54) is 7.11 Å². The third kappa shape index (κ3) is 2.98. The second-order valence-electron chi connectivity index (χ2n) is 2.35. The summed E-state index contributed by atoms with van der Waals surface area (Å²) >= 11 is 0. The van der Waals surface area contributed by atoms with Crippen LogP contribution >= 0.6 is 0 Å². The number of methoxy groups -OCH3 is 1. The first-order chi connectivity index (χ1) is 6.22. The zero-order chi connectivity index (χ0) is 9.68. The summed E-state index contributed by atoms with van der Waals surface area (Å²) in [6.45, 7) is -0.0514. The van der Waals surface area contributed by atoms with Gasteiger partial charge in [-0.1, -0.05) is 12.1 Å². The normalized spacial score (nSPS) is 9.31. The minimum atomic E-state index is -0.820. The van der Waals surface area contributed by atoms with E-state index in [2.05, 4.69) is 4.84 Å². The van der Waals surface area contributed by atoms with Crippen LogP contribution in [0.2, 0.25) is 0 Å². The zero-order valence-corrected chi connectivity index (χ0v) is 7.10. The van der Waals surface area contributed by atoms with E-state index in [4.69, 9.17) is 4.74 Å². The molecule has 0 aliphatic carbocycles. The van der Waals surface area contributed by atoms with Gasteiger partial charge in [0, 0.05) is 0 Å². The molecule has 0 fully saturated rings. The largest absolute Gasteiger partial charge is 0.497 e. The number of rotatable bonds is 4. The Balaban J connectivity index is 2.61. The van der Waals surface area contributed by atoms with Gasteiger partial charge in [0.25, 0.3) is 5.09 Å². The summed E-state index contributed by atoms with van der Waals surface area (Å²) in [6.07, 6.45) is 0. The Morgan fingerprint density at radius 3 is 2.92 bits per heavy atom. The lowest BCUT2D eigenvalue weighted by atomic mass is 10.2. The fourth-order valence-corrected chi connectivity index (χ4v) is 0.889. The molecule has 1 aromatic carbocycles. The van der Waals surface area contributed by atoms with E-state index >= 15 is 0 Å². The lowest BCUT2D eigenvalue weighted by Gasteiger charge is -2.02. The second-order valence-corrected chi connectivity index (χ2v) is 2.35. The van der Waals surface area contributed by atoms with Gasteiger partial charge in [0.05, 0.1) is 7.11 Å². The SMILES string of the molecule is COc1cccc(CO[N+](=O)[O-])c1. The van der Waals surface area contributed by atoms with Crippen molar-refractivity contribution in [3.8, 4) is 5.75 Å². The summed E-state index contributed by atoms with van der Waals surface area (Å²) in [4.78, 5) is 14.1. The predicted octanol–water partition coefficient (Wildman–Crippen LogP) is 1.40. The molecule has 0 unspecified atom stereocenters. The number of nitrogens with zero attached hydrogens (tertiary/aromatic N) is 1. The molecule has 0 saturated heterocycles. The lowest BCUT2D eigenvalue weighted by molar-refractivity contribution is -0.763. The molecular formula is C8H9NO4. The Hall–Kier alpha value is -1.78. The van der Waals surface area contributed by atoms with E-state index in [1.54, 1.807) is 24.3 Å². The van der Waals surface area contributed by atoms with Crippen molar-refractivity contribution < 1.29 is 14.7 Å². The molecular weight excluding hydrogens is 174 g/mol. The average molecular weight is 183 g/mol. The van der Waals surface area contributed by atoms with Crippen LogP contribution in [0.1, 0.15) is 5.56 Å². The molecule has 0 aliphatic rings. The lowest BCUT2D eigenvalue weighted by Crippen LogP contribution is -2.00. The van der Waals surface area contributed by atoms with Crippen molar-refractivity contribution in [2.45, 2.75) is 6.61 Å². The van der Waals surface area contributed by atoms with E-state index in [9.17, 15) is 10.1 Å². The maximum atomic E-state index is 9.88. The number of hydrogen-bond acceptors (Lipinski definition) is 4. The van der Waals surface area contributed by atoms with Gasteiger partial charge in [-0.3, -0.25) is 0 Å². The zero-order valence-electron chi connectivity index (χ0n) is 7.10. The smallest absolute Gasteiger partial charge is 0.294 e. The Morgan fingerprint density at radius 2 is 2.31 bits per heavy atom. The van der Waals surface area contributed by atoms with Crippen LogP contribution in [0.3, 0.4) is 0 Å². The summed E-state index contributed by atoms with van der Waals surface area (Å²) in [5, 5.41) is 9.06. The van der Waals surface area contributed by atoms with Gasteiger partial charge < -0.3 is 9.57 Å². The average Bonchev–Trinajstić information content (AvgIpc) is 2.15. The van der Waals surface area contributed by atoms with Crippen molar-refractivity contribution in [2.75, 3.05) is 7.11 Å². The van der Waals surface area contributed by atoms with Crippen molar-refractivity contribution in [1.29, 1.82) is 0 Å². The van der Waals surface area contributed by atoms with Gasteiger partial charge in [0.2, 0.25) is 0 Å². The highest BCUT2D eigenvalue weighted by Crippen LogP contribution is 2.12. The fourth-order valence-electron chi connectivity index (χ4n) is 0.889. The molecule has 0 radical (unpaired) electrons. The number of ether oxygens (including phenoxy) is 1. The third-order valence-electron chi connectivity index (χ3n) is 1.47. The topological polar surface area (TPSA) is 61.6 Å². The molecule has 0 bridgehead atoms. The molecule has 0 aliphatic heterocycles. The molecule has 5 nitrogen and oxygen atoms in total. The van der Waals surface area contributed by atoms with Crippen molar-refractivity contribution >= 4 is 0 Å². The summed E-state index contributed by atoms with van der Waals surface area (Å²) in [6, 6.07) is 6.92. The Kier molecular flexibility index (Phi) is 3.08. The maximum absolute atomic E-state index is 9.88. The Labute approximate surface area is 75.0 Å². The van der Waals surface area contributed by atoms with Gasteiger partial charge in [-0.05, 0) is 17.7 Å². The summed E-state index contributed by atoms with van der Waals surface area (Å²) < 4.78 is 4.94. The highest BCUT2D eigenvalue weighted by atomic mass is 16.9. The minimum absolute atomic E-state index is 0.0514. The summed E-state index contributed by atoms with van der Waals surface area (Å²) in [7, 11) is 1.54. The second kappa shape index (κ2) is 4.30. The molecule has 0 saturated carbocycles.